The van der Waals surface area contributed by atoms with Crippen molar-refractivity contribution in [1.82, 2.24) is 19.6 Å². The van der Waals surface area contributed by atoms with Crippen molar-refractivity contribution in [3.63, 3.8) is 0 Å². The van der Waals surface area contributed by atoms with E-state index in [1.807, 2.05) is 47.6 Å². The lowest BCUT2D eigenvalue weighted by atomic mass is 9.85. The van der Waals surface area contributed by atoms with Gasteiger partial charge in [0.05, 0.1) is 11.8 Å². The number of likely N-dealkylation sites (tertiary alicyclic amines) is 1. The molecule has 0 aromatic carbocycles. The largest absolute Gasteiger partial charge is 0.341 e. The fraction of sp³-hybridized carbons (Fsp3) is 0.556. The first-order valence-electron chi connectivity index (χ1n) is 8.44. The summed E-state index contributed by atoms with van der Waals surface area (Å²) in [6.45, 7) is 3.87. The smallest absolute Gasteiger partial charge is 0.254 e. The molecule has 2 aromatic heterocycles. The number of carbonyl (C=O) groups is 1. The standard InChI is InChI=1S/C18H26N4OS/c1-13-11-24-12-16(13)18(23)21(3)9-14-6-5-7-20(2)17(14)15-8-19-22(4)10-15/h8,10-12,14,17H,5-7,9H2,1-4H3/t14-,17+/m0/s1. The second-order valence-electron chi connectivity index (χ2n) is 6.93. The van der Waals surface area contributed by atoms with Gasteiger partial charge in [0.1, 0.15) is 0 Å². The molecule has 3 heterocycles. The van der Waals surface area contributed by atoms with Crippen molar-refractivity contribution in [3.05, 3.63) is 39.8 Å². The maximum Gasteiger partial charge on any atom is 0.254 e. The lowest BCUT2D eigenvalue weighted by molar-refractivity contribution is 0.0645. The molecule has 1 aliphatic heterocycles. The average molecular weight is 346 g/mol. The van der Waals surface area contributed by atoms with E-state index in [1.54, 1.807) is 11.3 Å². The normalized spacial score (nSPS) is 21.8. The highest BCUT2D eigenvalue weighted by atomic mass is 32.1. The Kier molecular flexibility index (Phi) is 5.06. The van der Waals surface area contributed by atoms with Gasteiger partial charge < -0.3 is 4.90 Å². The van der Waals surface area contributed by atoms with Crippen LogP contribution in [0.1, 0.15) is 40.4 Å². The van der Waals surface area contributed by atoms with Gasteiger partial charge in [0.25, 0.3) is 5.91 Å². The van der Waals surface area contributed by atoms with E-state index in [2.05, 4.69) is 23.2 Å². The molecule has 1 amide bonds. The Labute approximate surface area is 147 Å². The predicted molar refractivity (Wildman–Crippen MR) is 97.3 cm³/mol. The zero-order valence-electron chi connectivity index (χ0n) is 14.9. The monoisotopic (exact) mass is 346 g/mol. The molecule has 24 heavy (non-hydrogen) atoms. The van der Waals surface area contributed by atoms with Gasteiger partial charge in [-0.05, 0) is 50.2 Å². The van der Waals surface area contributed by atoms with Gasteiger partial charge in [-0.2, -0.15) is 16.4 Å². The number of piperidine rings is 1. The van der Waals surface area contributed by atoms with Gasteiger partial charge in [-0.15, -0.1) is 0 Å². The summed E-state index contributed by atoms with van der Waals surface area (Å²) >= 11 is 1.59. The Morgan fingerprint density at radius 1 is 1.42 bits per heavy atom. The third-order valence-electron chi connectivity index (χ3n) is 5.01. The van der Waals surface area contributed by atoms with Gasteiger partial charge in [-0.1, -0.05) is 0 Å². The number of thiophene rings is 1. The Hall–Kier alpha value is -1.66. The van der Waals surface area contributed by atoms with Crippen LogP contribution in [0.25, 0.3) is 0 Å². The quantitative estimate of drug-likeness (QED) is 0.855. The summed E-state index contributed by atoms with van der Waals surface area (Å²) in [6, 6.07) is 0.325. The first-order valence-corrected chi connectivity index (χ1v) is 9.38. The minimum atomic E-state index is 0.131. The average Bonchev–Trinajstić information content (AvgIpc) is 3.15. The summed E-state index contributed by atoms with van der Waals surface area (Å²) in [7, 11) is 6.05. The van der Waals surface area contributed by atoms with E-state index in [9.17, 15) is 4.79 Å². The van der Waals surface area contributed by atoms with Crippen molar-refractivity contribution < 1.29 is 4.79 Å². The van der Waals surface area contributed by atoms with E-state index >= 15 is 0 Å². The van der Waals surface area contributed by atoms with Crippen molar-refractivity contribution in [2.45, 2.75) is 25.8 Å². The Morgan fingerprint density at radius 3 is 2.83 bits per heavy atom. The van der Waals surface area contributed by atoms with Crippen LogP contribution >= 0.6 is 11.3 Å². The van der Waals surface area contributed by atoms with Crippen LogP contribution in [0.15, 0.2) is 23.2 Å². The number of carbonyl (C=O) groups excluding carboxylic acids is 1. The van der Waals surface area contributed by atoms with E-state index in [-0.39, 0.29) is 5.91 Å². The van der Waals surface area contributed by atoms with E-state index in [1.165, 1.54) is 12.0 Å². The molecule has 5 nitrogen and oxygen atoms in total. The minimum absolute atomic E-state index is 0.131. The molecule has 0 N–H and O–H groups in total. The molecule has 2 aromatic rings. The molecule has 1 fully saturated rings. The second-order valence-corrected chi connectivity index (χ2v) is 7.67. The molecule has 1 saturated heterocycles. The van der Waals surface area contributed by atoms with Crippen LogP contribution < -0.4 is 0 Å². The first kappa shape index (κ1) is 17.2. The summed E-state index contributed by atoms with van der Waals surface area (Å²) in [5, 5.41) is 8.33. The van der Waals surface area contributed by atoms with Gasteiger partial charge in [-0.25, -0.2) is 0 Å². The summed E-state index contributed by atoms with van der Waals surface area (Å²) in [6.07, 6.45) is 6.39. The lowest BCUT2D eigenvalue weighted by Crippen LogP contribution is -2.42. The Bertz CT molecular complexity index is 707. The van der Waals surface area contributed by atoms with Crippen LogP contribution in [0.4, 0.5) is 0 Å². The zero-order chi connectivity index (χ0) is 17.3. The highest BCUT2D eigenvalue weighted by Crippen LogP contribution is 2.35. The van der Waals surface area contributed by atoms with Crippen LogP contribution in [0, 0.1) is 12.8 Å². The van der Waals surface area contributed by atoms with Gasteiger partial charge >= 0.3 is 0 Å². The lowest BCUT2D eigenvalue weighted by Gasteiger charge is -2.40. The molecule has 6 heteroatoms. The van der Waals surface area contributed by atoms with Crippen LogP contribution in [0.3, 0.4) is 0 Å². The molecule has 0 bridgehead atoms. The highest BCUT2D eigenvalue weighted by Gasteiger charge is 2.33. The second kappa shape index (κ2) is 7.07. The Morgan fingerprint density at radius 2 is 2.21 bits per heavy atom. The first-order chi connectivity index (χ1) is 11.5. The third kappa shape index (κ3) is 3.39. The molecule has 2 atom stereocenters. The van der Waals surface area contributed by atoms with Crippen LogP contribution in [-0.2, 0) is 7.05 Å². The number of amides is 1. The molecular weight excluding hydrogens is 320 g/mol. The summed E-state index contributed by atoms with van der Waals surface area (Å²) in [5.41, 5.74) is 3.16. The highest BCUT2D eigenvalue weighted by molar-refractivity contribution is 7.08. The number of hydrogen-bond donors (Lipinski definition) is 0. The predicted octanol–water partition coefficient (Wildman–Crippen LogP) is 2.95. The maximum absolute atomic E-state index is 12.7. The van der Waals surface area contributed by atoms with E-state index in [0.717, 1.165) is 30.6 Å². The fourth-order valence-electron chi connectivity index (χ4n) is 3.79. The number of aromatic nitrogens is 2. The summed E-state index contributed by atoms with van der Waals surface area (Å²) in [4.78, 5) is 17.0. The molecule has 0 spiro atoms. The number of aryl methyl sites for hydroxylation is 2. The van der Waals surface area contributed by atoms with Crippen molar-refractivity contribution in [3.8, 4) is 0 Å². The summed E-state index contributed by atoms with van der Waals surface area (Å²) in [5.74, 6) is 0.563. The Balaban J connectivity index is 1.76. The SMILES string of the molecule is Cc1cscc1C(=O)N(C)C[C@@H]1CCCN(C)[C@H]1c1cnn(C)c1. The van der Waals surface area contributed by atoms with E-state index < -0.39 is 0 Å². The van der Waals surface area contributed by atoms with Crippen molar-refractivity contribution in [2.24, 2.45) is 13.0 Å². The summed E-state index contributed by atoms with van der Waals surface area (Å²) < 4.78 is 1.86. The van der Waals surface area contributed by atoms with E-state index in [0.29, 0.717) is 12.0 Å². The van der Waals surface area contributed by atoms with Gasteiger partial charge in [0, 0.05) is 43.8 Å². The number of hydrogen-bond acceptors (Lipinski definition) is 4. The molecule has 0 aliphatic carbocycles. The number of nitrogens with zero attached hydrogens (tertiary/aromatic N) is 4. The third-order valence-corrected chi connectivity index (χ3v) is 5.88. The molecule has 3 rings (SSSR count). The van der Waals surface area contributed by atoms with Crippen molar-refractivity contribution in [1.29, 1.82) is 0 Å². The van der Waals surface area contributed by atoms with Crippen molar-refractivity contribution >= 4 is 17.2 Å². The van der Waals surface area contributed by atoms with Crippen LogP contribution in [-0.4, -0.2) is 52.7 Å². The van der Waals surface area contributed by atoms with Gasteiger partial charge in [-0.3, -0.25) is 14.4 Å². The topological polar surface area (TPSA) is 41.4 Å². The molecule has 0 unspecified atom stereocenters. The fourth-order valence-corrected chi connectivity index (χ4v) is 4.61. The molecule has 0 saturated carbocycles. The van der Waals surface area contributed by atoms with Gasteiger partial charge in [0.15, 0.2) is 0 Å². The van der Waals surface area contributed by atoms with Gasteiger partial charge in [0.2, 0.25) is 0 Å². The minimum Gasteiger partial charge on any atom is -0.341 e. The van der Waals surface area contributed by atoms with Crippen molar-refractivity contribution in [2.75, 3.05) is 27.2 Å². The van der Waals surface area contributed by atoms with Crippen LogP contribution in [0.5, 0.6) is 0 Å². The zero-order valence-corrected chi connectivity index (χ0v) is 15.7. The number of rotatable bonds is 4. The molecular formula is C18H26N4OS. The molecule has 130 valence electrons. The molecule has 1 aliphatic rings. The maximum atomic E-state index is 12.7. The van der Waals surface area contributed by atoms with E-state index in [4.69, 9.17) is 0 Å². The van der Waals surface area contributed by atoms with Crippen LogP contribution in [0.2, 0.25) is 0 Å². The molecule has 0 radical (unpaired) electrons.